The molecule has 1 fully saturated rings. The SMILES string of the molecule is C1CC1.CN.CNc1cc(-c2ccccc2)cc2ncnn12.Clc1cc(-c2ccccc2)cc2ncnn12. The van der Waals surface area contributed by atoms with Crippen LogP contribution in [0.25, 0.3) is 33.5 Å². The number of nitrogens with zero attached hydrogens (tertiary/aromatic N) is 6. The largest absolute Gasteiger partial charge is 0.373 e. The van der Waals surface area contributed by atoms with Gasteiger partial charge in [0, 0.05) is 7.05 Å². The predicted octanol–water partition coefficient (Wildman–Crippen LogP) is 6.23. The Kier molecular flexibility index (Phi) is 9.39. The molecule has 0 saturated heterocycles. The second kappa shape index (κ2) is 13.3. The summed E-state index contributed by atoms with van der Waals surface area (Å²) in [6.45, 7) is 0. The molecule has 0 amide bonds. The Morgan fingerprint density at radius 3 is 1.63 bits per heavy atom. The fraction of sp³-hybridized carbons (Fsp3) is 0.172. The molecule has 3 N–H and O–H groups in total. The minimum atomic E-state index is 0.564. The first-order chi connectivity index (χ1) is 18.7. The van der Waals surface area contributed by atoms with E-state index >= 15 is 0 Å². The van der Waals surface area contributed by atoms with Crippen molar-refractivity contribution in [3.05, 3.63) is 103 Å². The Hall–Kier alpha value is -4.27. The molecule has 0 radical (unpaired) electrons. The van der Waals surface area contributed by atoms with Crippen molar-refractivity contribution in [3.63, 3.8) is 0 Å². The zero-order chi connectivity index (χ0) is 26.7. The Balaban J connectivity index is 0.000000151. The van der Waals surface area contributed by atoms with Gasteiger partial charge in [0.1, 0.15) is 23.6 Å². The number of aromatic nitrogens is 6. The first-order valence-electron chi connectivity index (χ1n) is 12.4. The van der Waals surface area contributed by atoms with Crippen LogP contribution >= 0.6 is 11.6 Å². The first kappa shape index (κ1) is 26.8. The van der Waals surface area contributed by atoms with Gasteiger partial charge in [-0.1, -0.05) is 91.5 Å². The van der Waals surface area contributed by atoms with E-state index in [4.69, 9.17) is 11.6 Å². The maximum absolute atomic E-state index is 6.11. The zero-order valence-corrected chi connectivity index (χ0v) is 22.3. The number of hydrogen-bond donors (Lipinski definition) is 2. The molecule has 6 aromatic rings. The lowest BCUT2D eigenvalue weighted by Crippen LogP contribution is -1.99. The quantitative estimate of drug-likeness (QED) is 0.265. The molecular formula is C29H31ClN8. The second-order valence-corrected chi connectivity index (χ2v) is 8.69. The lowest BCUT2D eigenvalue weighted by Gasteiger charge is -2.07. The highest BCUT2D eigenvalue weighted by molar-refractivity contribution is 6.30. The molecule has 8 nitrogen and oxygen atoms in total. The maximum atomic E-state index is 6.11. The minimum absolute atomic E-state index is 0.564. The van der Waals surface area contributed by atoms with Gasteiger partial charge in [-0.3, -0.25) is 0 Å². The smallest absolute Gasteiger partial charge is 0.158 e. The predicted molar refractivity (Wildman–Crippen MR) is 155 cm³/mol. The number of fused-ring (bicyclic) bond motifs is 2. The molecule has 1 aliphatic carbocycles. The summed E-state index contributed by atoms with van der Waals surface area (Å²) in [5, 5.41) is 11.9. The Labute approximate surface area is 227 Å². The standard InChI is InChI=1S/C13H12N4.C12H8ClN3.C3H6.CH5N/c1-14-12-7-11(10-5-3-2-4-6-10)8-13-15-9-16-17(12)13;13-11-6-10(9-4-2-1-3-5-9)7-12-14-8-15-16(11)12;1-2-3-1;1-2/h2-9,14H,1H3;1-8H;1-3H2;2H2,1H3. The summed E-state index contributed by atoms with van der Waals surface area (Å²) in [5.41, 5.74) is 10.6. The number of halogens is 1. The molecule has 0 spiro atoms. The fourth-order valence-electron chi connectivity index (χ4n) is 3.58. The van der Waals surface area contributed by atoms with Crippen LogP contribution in [-0.4, -0.2) is 43.3 Å². The van der Waals surface area contributed by atoms with Crippen LogP contribution in [0.5, 0.6) is 0 Å². The average Bonchev–Trinajstić information content (AvgIpc) is 3.65. The molecule has 7 rings (SSSR count). The molecule has 4 heterocycles. The number of nitrogens with two attached hydrogens (primary N) is 1. The van der Waals surface area contributed by atoms with E-state index in [1.165, 1.54) is 38.2 Å². The van der Waals surface area contributed by atoms with E-state index in [-0.39, 0.29) is 0 Å². The lowest BCUT2D eigenvalue weighted by molar-refractivity contribution is 0.962. The number of nitrogens with one attached hydrogen (secondary N) is 1. The molecule has 1 saturated carbocycles. The van der Waals surface area contributed by atoms with E-state index < -0.39 is 0 Å². The van der Waals surface area contributed by atoms with Crippen LogP contribution < -0.4 is 11.1 Å². The highest BCUT2D eigenvalue weighted by Crippen LogP contribution is 2.25. The lowest BCUT2D eigenvalue weighted by atomic mass is 10.1. The maximum Gasteiger partial charge on any atom is 0.158 e. The van der Waals surface area contributed by atoms with Gasteiger partial charge in [0.25, 0.3) is 0 Å². The summed E-state index contributed by atoms with van der Waals surface area (Å²) in [4.78, 5) is 8.36. The second-order valence-electron chi connectivity index (χ2n) is 8.30. The number of benzene rings is 2. The topological polar surface area (TPSA) is 98.4 Å². The van der Waals surface area contributed by atoms with Crippen molar-refractivity contribution in [3.8, 4) is 22.3 Å². The summed E-state index contributed by atoms with van der Waals surface area (Å²) in [5.74, 6) is 0.929. The highest BCUT2D eigenvalue weighted by Gasteiger charge is 2.06. The Bertz CT molecular complexity index is 1560. The van der Waals surface area contributed by atoms with Gasteiger partial charge in [0.15, 0.2) is 11.3 Å². The van der Waals surface area contributed by atoms with E-state index in [0.717, 1.165) is 33.8 Å². The normalized spacial score (nSPS) is 11.4. The summed E-state index contributed by atoms with van der Waals surface area (Å²) in [6, 6.07) is 28.3. The van der Waals surface area contributed by atoms with Crippen molar-refractivity contribution in [2.75, 3.05) is 19.4 Å². The van der Waals surface area contributed by atoms with Crippen molar-refractivity contribution >= 4 is 28.7 Å². The molecule has 0 bridgehead atoms. The fourth-order valence-corrected chi connectivity index (χ4v) is 3.83. The van der Waals surface area contributed by atoms with Gasteiger partial charge in [0.2, 0.25) is 0 Å². The van der Waals surface area contributed by atoms with Gasteiger partial charge < -0.3 is 11.1 Å². The van der Waals surface area contributed by atoms with Crippen molar-refractivity contribution in [1.82, 2.24) is 29.2 Å². The first-order valence-corrected chi connectivity index (χ1v) is 12.8. The van der Waals surface area contributed by atoms with Crippen LogP contribution in [0, 0.1) is 0 Å². The average molecular weight is 527 g/mol. The van der Waals surface area contributed by atoms with Gasteiger partial charge in [-0.05, 0) is 53.6 Å². The molecule has 4 aromatic heterocycles. The molecule has 0 atom stereocenters. The minimum Gasteiger partial charge on any atom is -0.373 e. The molecule has 2 aromatic carbocycles. The molecular weight excluding hydrogens is 496 g/mol. The number of hydrogen-bond acceptors (Lipinski definition) is 6. The molecule has 1 aliphatic rings. The molecule has 0 aliphatic heterocycles. The van der Waals surface area contributed by atoms with Gasteiger partial charge in [-0.2, -0.15) is 14.7 Å². The van der Waals surface area contributed by atoms with Crippen molar-refractivity contribution in [2.45, 2.75) is 19.3 Å². The molecule has 38 heavy (non-hydrogen) atoms. The van der Waals surface area contributed by atoms with Gasteiger partial charge >= 0.3 is 0 Å². The van der Waals surface area contributed by atoms with Crippen LogP contribution in [0.2, 0.25) is 5.15 Å². The van der Waals surface area contributed by atoms with Crippen LogP contribution in [0.15, 0.2) is 97.6 Å². The van der Waals surface area contributed by atoms with Gasteiger partial charge in [-0.25, -0.2) is 14.5 Å². The third-order valence-corrected chi connectivity index (χ3v) is 5.81. The van der Waals surface area contributed by atoms with Gasteiger partial charge in [0.05, 0.1) is 0 Å². The van der Waals surface area contributed by atoms with E-state index in [1.54, 1.807) is 15.4 Å². The summed E-state index contributed by atoms with van der Waals surface area (Å²) >= 11 is 6.11. The van der Waals surface area contributed by atoms with Crippen molar-refractivity contribution < 1.29 is 0 Å². The van der Waals surface area contributed by atoms with Crippen LogP contribution in [0.4, 0.5) is 5.82 Å². The van der Waals surface area contributed by atoms with Crippen LogP contribution in [-0.2, 0) is 0 Å². The van der Waals surface area contributed by atoms with Gasteiger partial charge in [-0.15, -0.1) is 0 Å². The molecule has 194 valence electrons. The van der Waals surface area contributed by atoms with E-state index in [2.05, 4.69) is 49.4 Å². The highest BCUT2D eigenvalue weighted by atomic mass is 35.5. The number of pyridine rings is 2. The summed E-state index contributed by atoms with van der Waals surface area (Å²) < 4.78 is 3.39. The van der Waals surface area contributed by atoms with Crippen LogP contribution in [0.1, 0.15) is 19.3 Å². The monoisotopic (exact) mass is 526 g/mol. The molecule has 9 heteroatoms. The third-order valence-electron chi connectivity index (χ3n) is 5.54. The number of rotatable bonds is 3. The Morgan fingerprint density at radius 2 is 1.13 bits per heavy atom. The van der Waals surface area contributed by atoms with Crippen molar-refractivity contribution in [1.29, 1.82) is 0 Å². The van der Waals surface area contributed by atoms with E-state index in [9.17, 15) is 0 Å². The Morgan fingerprint density at radius 1 is 0.658 bits per heavy atom. The van der Waals surface area contributed by atoms with E-state index in [0.29, 0.717) is 5.15 Å². The van der Waals surface area contributed by atoms with Crippen molar-refractivity contribution in [2.24, 2.45) is 5.73 Å². The molecule has 0 unspecified atom stereocenters. The third kappa shape index (κ3) is 6.73. The van der Waals surface area contributed by atoms with E-state index in [1.807, 2.05) is 73.8 Å². The summed E-state index contributed by atoms with van der Waals surface area (Å²) in [6.07, 6.45) is 7.56. The number of anilines is 1. The van der Waals surface area contributed by atoms with Crippen LogP contribution in [0.3, 0.4) is 0 Å². The summed E-state index contributed by atoms with van der Waals surface area (Å²) in [7, 11) is 3.38. The zero-order valence-electron chi connectivity index (χ0n) is 21.5.